The lowest BCUT2D eigenvalue weighted by Crippen LogP contribution is -2.31. The van der Waals surface area contributed by atoms with E-state index in [1.54, 1.807) is 24.1 Å². The number of aromatic nitrogens is 1. The van der Waals surface area contributed by atoms with Crippen LogP contribution in [0.25, 0.3) is 0 Å². The van der Waals surface area contributed by atoms with E-state index in [4.69, 9.17) is 16.2 Å². The van der Waals surface area contributed by atoms with Gasteiger partial charge in [-0.1, -0.05) is 0 Å². The number of likely N-dealkylation sites (N-methyl/N-ethyl adjacent to an activating group) is 1. The van der Waals surface area contributed by atoms with Crippen LogP contribution in [0.3, 0.4) is 0 Å². The Labute approximate surface area is 106 Å². The molecule has 0 bridgehead atoms. The largest absolute Gasteiger partial charge is 0.476 e. The van der Waals surface area contributed by atoms with Gasteiger partial charge in [0.25, 0.3) is 0 Å². The van der Waals surface area contributed by atoms with Gasteiger partial charge >= 0.3 is 0 Å². The molecule has 0 spiro atoms. The van der Waals surface area contributed by atoms with Crippen LogP contribution in [0, 0.1) is 5.92 Å². The highest BCUT2D eigenvalue weighted by molar-refractivity contribution is 5.79. The summed E-state index contributed by atoms with van der Waals surface area (Å²) in [5, 5.41) is 0. The molecule has 6 nitrogen and oxygen atoms in total. The Morgan fingerprint density at radius 1 is 1.56 bits per heavy atom. The first-order chi connectivity index (χ1) is 8.56. The van der Waals surface area contributed by atoms with Crippen LogP contribution in [-0.4, -0.2) is 31.1 Å². The molecule has 1 aliphatic rings. The highest BCUT2D eigenvalue weighted by Crippen LogP contribution is 2.30. The van der Waals surface area contributed by atoms with Crippen molar-refractivity contribution in [2.75, 3.05) is 30.8 Å². The molecule has 0 aromatic carbocycles. The molecule has 1 heterocycles. The Hall–Kier alpha value is -1.98. The zero-order chi connectivity index (χ0) is 13.1. The van der Waals surface area contributed by atoms with Gasteiger partial charge in [0.2, 0.25) is 11.8 Å². The van der Waals surface area contributed by atoms with Gasteiger partial charge in [0.15, 0.2) is 0 Å². The number of carbonyl (C=O) groups is 1. The number of carbonyl (C=O) groups excluding carboxylic acids is 1. The predicted octanol–water partition coefficient (Wildman–Crippen LogP) is 0.374. The van der Waals surface area contributed by atoms with Crippen LogP contribution in [-0.2, 0) is 4.79 Å². The molecule has 0 atom stereocenters. The van der Waals surface area contributed by atoms with Gasteiger partial charge in [0.1, 0.15) is 5.82 Å². The van der Waals surface area contributed by atoms with Crippen LogP contribution < -0.4 is 21.1 Å². The number of ether oxygens (including phenoxy) is 1. The van der Waals surface area contributed by atoms with Gasteiger partial charge in [0.05, 0.1) is 18.8 Å². The molecule has 0 aliphatic heterocycles. The minimum atomic E-state index is -0.406. The maximum absolute atomic E-state index is 10.9. The number of nitrogen functional groups attached to an aromatic ring is 1. The predicted molar refractivity (Wildman–Crippen MR) is 69.3 cm³/mol. The van der Waals surface area contributed by atoms with Crippen molar-refractivity contribution >= 4 is 17.4 Å². The minimum absolute atomic E-state index is 0.110. The first-order valence-electron chi connectivity index (χ1n) is 5.95. The number of pyridine rings is 1. The van der Waals surface area contributed by atoms with Crippen molar-refractivity contribution in [3.05, 3.63) is 12.1 Å². The van der Waals surface area contributed by atoms with Gasteiger partial charge in [-0.25, -0.2) is 0 Å². The molecule has 0 unspecified atom stereocenters. The number of hydrogen-bond donors (Lipinski definition) is 2. The molecule has 4 N–H and O–H groups in total. The summed E-state index contributed by atoms with van der Waals surface area (Å²) in [7, 11) is 1.74. The van der Waals surface area contributed by atoms with Crippen molar-refractivity contribution in [2.24, 2.45) is 11.7 Å². The molecule has 1 aliphatic carbocycles. The van der Waals surface area contributed by atoms with Crippen LogP contribution in [0.1, 0.15) is 12.8 Å². The first-order valence-corrected chi connectivity index (χ1v) is 5.95. The third kappa shape index (κ3) is 3.26. The Morgan fingerprint density at radius 3 is 2.89 bits per heavy atom. The zero-order valence-corrected chi connectivity index (χ0v) is 10.4. The average molecular weight is 250 g/mol. The molecular formula is C12H18N4O2. The van der Waals surface area contributed by atoms with Crippen molar-refractivity contribution in [1.29, 1.82) is 0 Å². The van der Waals surface area contributed by atoms with E-state index >= 15 is 0 Å². The van der Waals surface area contributed by atoms with Gasteiger partial charge < -0.3 is 21.1 Å². The molecule has 1 saturated carbocycles. The van der Waals surface area contributed by atoms with Crippen molar-refractivity contribution in [3.63, 3.8) is 0 Å². The van der Waals surface area contributed by atoms with E-state index in [9.17, 15) is 4.79 Å². The molecular weight excluding hydrogens is 232 g/mol. The van der Waals surface area contributed by atoms with E-state index < -0.39 is 5.91 Å². The summed E-state index contributed by atoms with van der Waals surface area (Å²) in [4.78, 5) is 16.8. The fraction of sp³-hybridized carbons (Fsp3) is 0.500. The molecule has 1 fully saturated rings. The molecule has 18 heavy (non-hydrogen) atoms. The normalized spacial score (nSPS) is 14.3. The molecule has 1 aromatic heterocycles. The number of nitrogens with two attached hydrogens (primary N) is 2. The lowest BCUT2D eigenvalue weighted by molar-refractivity contribution is -0.116. The van der Waals surface area contributed by atoms with E-state index in [0.29, 0.717) is 29.9 Å². The smallest absolute Gasteiger partial charge is 0.239 e. The van der Waals surface area contributed by atoms with Crippen LogP contribution in [0.4, 0.5) is 11.5 Å². The molecule has 2 rings (SSSR count). The fourth-order valence-corrected chi connectivity index (χ4v) is 1.57. The van der Waals surface area contributed by atoms with Crippen molar-refractivity contribution in [1.82, 2.24) is 4.98 Å². The average Bonchev–Trinajstić information content (AvgIpc) is 3.10. The van der Waals surface area contributed by atoms with Crippen LogP contribution >= 0.6 is 0 Å². The SMILES string of the molecule is CN(CC(N)=O)c1ccc(N)c(OCC2CC2)n1. The minimum Gasteiger partial charge on any atom is -0.476 e. The van der Waals surface area contributed by atoms with E-state index in [-0.39, 0.29) is 6.54 Å². The number of amides is 1. The van der Waals surface area contributed by atoms with E-state index in [2.05, 4.69) is 4.98 Å². The standard InChI is InChI=1S/C12H18N4O2/c1-16(6-10(14)17)11-5-4-9(13)12(15-11)18-7-8-2-3-8/h4-5,8H,2-3,6-7,13H2,1H3,(H2,14,17). The Bertz CT molecular complexity index is 446. The van der Waals surface area contributed by atoms with Gasteiger partial charge in [-0.3, -0.25) is 4.79 Å². The number of anilines is 2. The second kappa shape index (κ2) is 5.12. The molecule has 1 amide bonds. The van der Waals surface area contributed by atoms with Crippen LogP contribution in [0.2, 0.25) is 0 Å². The number of nitrogens with zero attached hydrogens (tertiary/aromatic N) is 2. The lowest BCUT2D eigenvalue weighted by Gasteiger charge is -2.17. The summed E-state index contributed by atoms with van der Waals surface area (Å²) in [5.41, 5.74) is 11.4. The monoisotopic (exact) mass is 250 g/mol. The second-order valence-corrected chi connectivity index (χ2v) is 4.64. The highest BCUT2D eigenvalue weighted by atomic mass is 16.5. The molecule has 6 heteroatoms. The summed E-state index contributed by atoms with van der Waals surface area (Å²) < 4.78 is 5.58. The summed E-state index contributed by atoms with van der Waals surface area (Å²) >= 11 is 0. The maximum Gasteiger partial charge on any atom is 0.239 e. The molecule has 0 saturated heterocycles. The third-order valence-corrected chi connectivity index (χ3v) is 2.81. The quantitative estimate of drug-likeness (QED) is 0.760. The summed E-state index contributed by atoms with van der Waals surface area (Å²) in [6.45, 7) is 0.763. The van der Waals surface area contributed by atoms with Gasteiger partial charge in [-0.15, -0.1) is 0 Å². The van der Waals surface area contributed by atoms with Crippen molar-refractivity contribution < 1.29 is 9.53 Å². The number of rotatable bonds is 6. The van der Waals surface area contributed by atoms with Gasteiger partial charge in [-0.05, 0) is 30.9 Å². The maximum atomic E-state index is 10.9. The topological polar surface area (TPSA) is 94.5 Å². The van der Waals surface area contributed by atoms with E-state index in [0.717, 1.165) is 0 Å². The lowest BCUT2D eigenvalue weighted by atomic mass is 10.3. The van der Waals surface area contributed by atoms with E-state index in [1.165, 1.54) is 12.8 Å². The zero-order valence-electron chi connectivity index (χ0n) is 10.4. The van der Waals surface area contributed by atoms with Crippen molar-refractivity contribution in [2.45, 2.75) is 12.8 Å². The summed E-state index contributed by atoms with van der Waals surface area (Å²) in [6, 6.07) is 3.46. The highest BCUT2D eigenvalue weighted by Gasteiger charge is 2.22. The first kappa shape index (κ1) is 12.5. The Morgan fingerprint density at radius 2 is 2.28 bits per heavy atom. The molecule has 0 radical (unpaired) electrons. The third-order valence-electron chi connectivity index (χ3n) is 2.81. The van der Waals surface area contributed by atoms with Crippen LogP contribution in [0.15, 0.2) is 12.1 Å². The second-order valence-electron chi connectivity index (χ2n) is 4.64. The van der Waals surface area contributed by atoms with Crippen molar-refractivity contribution in [3.8, 4) is 5.88 Å². The Balaban J connectivity index is 2.06. The fourth-order valence-electron chi connectivity index (χ4n) is 1.57. The summed E-state index contributed by atoms with van der Waals surface area (Å²) in [6.07, 6.45) is 2.42. The van der Waals surface area contributed by atoms with Gasteiger partial charge in [-0.2, -0.15) is 4.98 Å². The van der Waals surface area contributed by atoms with Crippen LogP contribution in [0.5, 0.6) is 5.88 Å². The van der Waals surface area contributed by atoms with Gasteiger partial charge in [0, 0.05) is 7.05 Å². The summed E-state index contributed by atoms with van der Waals surface area (Å²) in [5.74, 6) is 1.28. The number of hydrogen-bond acceptors (Lipinski definition) is 5. The Kier molecular flexibility index (Phi) is 3.55. The van der Waals surface area contributed by atoms with E-state index in [1.807, 2.05) is 0 Å². The molecule has 1 aromatic rings. The number of primary amides is 1. The molecule has 98 valence electrons.